The number of anilines is 2. The van der Waals surface area contributed by atoms with Gasteiger partial charge in [0.05, 0.1) is 11.3 Å². The van der Waals surface area contributed by atoms with Crippen LogP contribution >= 0.6 is 27.3 Å². The summed E-state index contributed by atoms with van der Waals surface area (Å²) in [7, 11) is 0. The lowest BCUT2D eigenvalue weighted by Crippen LogP contribution is -2.11. The maximum atomic E-state index is 11.9. The molecule has 3 N–H and O–H groups in total. The highest BCUT2D eigenvalue weighted by molar-refractivity contribution is 9.10. The zero-order valence-corrected chi connectivity index (χ0v) is 11.6. The molecule has 0 aliphatic heterocycles. The molecular weight excluding hydrogens is 300 g/mol. The molecule has 2 aromatic rings. The molecule has 0 unspecified atom stereocenters. The van der Waals surface area contributed by atoms with Crippen molar-refractivity contribution in [3.05, 3.63) is 44.6 Å². The van der Waals surface area contributed by atoms with E-state index >= 15 is 0 Å². The second-order valence-electron chi connectivity index (χ2n) is 3.65. The number of aryl methyl sites for hydroxylation is 1. The summed E-state index contributed by atoms with van der Waals surface area (Å²) < 4.78 is 0.827. The van der Waals surface area contributed by atoms with Gasteiger partial charge in [-0.2, -0.15) is 11.3 Å². The summed E-state index contributed by atoms with van der Waals surface area (Å²) in [5.41, 5.74) is 8.79. The van der Waals surface area contributed by atoms with Gasteiger partial charge in [0.1, 0.15) is 0 Å². The molecule has 0 saturated carbocycles. The van der Waals surface area contributed by atoms with E-state index in [0.717, 1.165) is 10.0 Å². The number of thiophene rings is 1. The van der Waals surface area contributed by atoms with Gasteiger partial charge in [-0.15, -0.1) is 0 Å². The van der Waals surface area contributed by atoms with E-state index in [0.29, 0.717) is 16.9 Å². The van der Waals surface area contributed by atoms with Crippen molar-refractivity contribution in [2.24, 2.45) is 0 Å². The molecular formula is C12H11BrN2OS. The van der Waals surface area contributed by atoms with Crippen molar-refractivity contribution in [3.8, 4) is 0 Å². The second-order valence-corrected chi connectivity index (χ2v) is 5.29. The summed E-state index contributed by atoms with van der Waals surface area (Å²) in [6.45, 7) is 1.92. The zero-order chi connectivity index (χ0) is 12.4. The average molecular weight is 311 g/mol. The minimum atomic E-state index is -0.129. The van der Waals surface area contributed by atoms with Crippen LogP contribution < -0.4 is 11.1 Å². The van der Waals surface area contributed by atoms with E-state index in [-0.39, 0.29) is 5.91 Å². The molecule has 1 aromatic carbocycles. The molecule has 1 heterocycles. The summed E-state index contributed by atoms with van der Waals surface area (Å²) in [4.78, 5) is 11.9. The summed E-state index contributed by atoms with van der Waals surface area (Å²) in [6, 6.07) is 5.42. The van der Waals surface area contributed by atoms with Crippen molar-refractivity contribution in [1.82, 2.24) is 0 Å². The van der Waals surface area contributed by atoms with Crippen LogP contribution in [0.3, 0.4) is 0 Å². The fourth-order valence-electron chi connectivity index (χ4n) is 1.37. The molecule has 0 aliphatic rings. The van der Waals surface area contributed by atoms with Crippen LogP contribution in [-0.4, -0.2) is 5.91 Å². The van der Waals surface area contributed by atoms with Gasteiger partial charge in [0, 0.05) is 15.5 Å². The first-order valence-electron chi connectivity index (χ1n) is 4.97. The summed E-state index contributed by atoms with van der Waals surface area (Å²) in [5, 5.41) is 6.50. The third-order valence-electron chi connectivity index (χ3n) is 2.39. The SMILES string of the molecule is Cc1cc(Br)c(NC(=O)c2ccsc2)cc1N. The first kappa shape index (κ1) is 12.1. The van der Waals surface area contributed by atoms with E-state index in [2.05, 4.69) is 21.2 Å². The van der Waals surface area contributed by atoms with E-state index in [1.54, 1.807) is 17.5 Å². The zero-order valence-electron chi connectivity index (χ0n) is 9.16. The maximum Gasteiger partial charge on any atom is 0.256 e. The summed E-state index contributed by atoms with van der Waals surface area (Å²) in [5.74, 6) is -0.129. The predicted molar refractivity (Wildman–Crippen MR) is 75.6 cm³/mol. The molecule has 0 radical (unpaired) electrons. The molecule has 5 heteroatoms. The number of rotatable bonds is 2. The van der Waals surface area contributed by atoms with Crippen molar-refractivity contribution >= 4 is 44.5 Å². The number of carbonyl (C=O) groups excluding carboxylic acids is 1. The fraction of sp³-hybridized carbons (Fsp3) is 0.0833. The van der Waals surface area contributed by atoms with Crippen molar-refractivity contribution in [1.29, 1.82) is 0 Å². The number of halogens is 1. The van der Waals surface area contributed by atoms with Gasteiger partial charge >= 0.3 is 0 Å². The molecule has 0 atom stereocenters. The van der Waals surface area contributed by atoms with Gasteiger partial charge in [-0.3, -0.25) is 4.79 Å². The Bertz CT molecular complexity index is 552. The van der Waals surface area contributed by atoms with Crippen LogP contribution in [-0.2, 0) is 0 Å². The number of nitrogens with two attached hydrogens (primary N) is 1. The highest BCUT2D eigenvalue weighted by atomic mass is 79.9. The van der Waals surface area contributed by atoms with E-state index in [9.17, 15) is 4.79 Å². The van der Waals surface area contributed by atoms with Crippen LogP contribution in [0, 0.1) is 6.92 Å². The lowest BCUT2D eigenvalue weighted by Gasteiger charge is -2.09. The smallest absolute Gasteiger partial charge is 0.256 e. The molecule has 88 valence electrons. The van der Waals surface area contributed by atoms with Gasteiger partial charge in [-0.1, -0.05) is 0 Å². The molecule has 0 spiro atoms. The van der Waals surface area contributed by atoms with Crippen molar-refractivity contribution in [2.75, 3.05) is 11.1 Å². The third-order valence-corrected chi connectivity index (χ3v) is 3.73. The Hall–Kier alpha value is -1.33. The van der Waals surface area contributed by atoms with Gasteiger partial charge in [0.15, 0.2) is 0 Å². The van der Waals surface area contributed by atoms with E-state index < -0.39 is 0 Å². The second kappa shape index (κ2) is 4.89. The molecule has 1 aromatic heterocycles. The van der Waals surface area contributed by atoms with E-state index in [1.165, 1.54) is 11.3 Å². The van der Waals surface area contributed by atoms with Gasteiger partial charge in [0.2, 0.25) is 0 Å². The standard InChI is InChI=1S/C12H11BrN2OS/c1-7-4-9(13)11(5-10(7)14)15-12(16)8-2-3-17-6-8/h2-6H,14H2,1H3,(H,15,16). The molecule has 0 aliphatic carbocycles. The van der Waals surface area contributed by atoms with Crippen molar-refractivity contribution < 1.29 is 4.79 Å². The van der Waals surface area contributed by atoms with Crippen LogP contribution in [0.5, 0.6) is 0 Å². The molecule has 2 rings (SSSR count). The highest BCUT2D eigenvalue weighted by Crippen LogP contribution is 2.28. The number of carbonyl (C=O) groups is 1. The Morgan fingerprint density at radius 3 is 2.88 bits per heavy atom. The molecule has 0 bridgehead atoms. The first-order valence-corrected chi connectivity index (χ1v) is 6.70. The largest absolute Gasteiger partial charge is 0.398 e. The normalized spacial score (nSPS) is 10.2. The lowest BCUT2D eigenvalue weighted by molar-refractivity contribution is 0.102. The first-order chi connectivity index (χ1) is 8.08. The van der Waals surface area contributed by atoms with Crippen LogP contribution in [0.4, 0.5) is 11.4 Å². The number of amides is 1. The Morgan fingerprint density at radius 1 is 1.47 bits per heavy atom. The van der Waals surface area contributed by atoms with Crippen LogP contribution in [0.25, 0.3) is 0 Å². The summed E-state index contributed by atoms with van der Waals surface area (Å²) in [6.07, 6.45) is 0. The van der Waals surface area contributed by atoms with Crippen molar-refractivity contribution in [3.63, 3.8) is 0 Å². The number of hydrogen-bond donors (Lipinski definition) is 2. The van der Waals surface area contributed by atoms with Crippen molar-refractivity contribution in [2.45, 2.75) is 6.92 Å². The Balaban J connectivity index is 2.25. The lowest BCUT2D eigenvalue weighted by atomic mass is 10.2. The third kappa shape index (κ3) is 2.68. The predicted octanol–water partition coefficient (Wildman–Crippen LogP) is 3.65. The topological polar surface area (TPSA) is 55.1 Å². The minimum absolute atomic E-state index is 0.129. The van der Waals surface area contributed by atoms with Gasteiger partial charge in [-0.05, 0) is 52.0 Å². The number of nitrogens with one attached hydrogen (secondary N) is 1. The quantitative estimate of drug-likeness (QED) is 0.832. The molecule has 3 nitrogen and oxygen atoms in total. The van der Waals surface area contributed by atoms with E-state index in [4.69, 9.17) is 5.73 Å². The molecule has 0 saturated heterocycles. The van der Waals surface area contributed by atoms with Crippen LogP contribution in [0.2, 0.25) is 0 Å². The number of benzene rings is 1. The molecule has 1 amide bonds. The Kier molecular flexibility index (Phi) is 3.49. The highest BCUT2D eigenvalue weighted by Gasteiger charge is 2.09. The number of hydrogen-bond acceptors (Lipinski definition) is 3. The maximum absolute atomic E-state index is 11.9. The summed E-state index contributed by atoms with van der Waals surface area (Å²) >= 11 is 4.90. The van der Waals surface area contributed by atoms with E-state index in [1.807, 2.05) is 18.4 Å². The monoisotopic (exact) mass is 310 g/mol. The van der Waals surface area contributed by atoms with Gasteiger partial charge < -0.3 is 11.1 Å². The molecule has 0 fully saturated rings. The van der Waals surface area contributed by atoms with Gasteiger partial charge in [-0.25, -0.2) is 0 Å². The van der Waals surface area contributed by atoms with Crippen LogP contribution in [0.15, 0.2) is 33.4 Å². The average Bonchev–Trinajstić information content (AvgIpc) is 2.79. The Morgan fingerprint density at radius 2 is 2.24 bits per heavy atom. The Labute approximate surface area is 112 Å². The van der Waals surface area contributed by atoms with Gasteiger partial charge in [0.25, 0.3) is 5.91 Å². The number of nitrogen functional groups attached to an aromatic ring is 1. The van der Waals surface area contributed by atoms with Crippen LogP contribution in [0.1, 0.15) is 15.9 Å². The fourth-order valence-corrected chi connectivity index (χ4v) is 2.57. The minimum Gasteiger partial charge on any atom is -0.398 e. The molecule has 17 heavy (non-hydrogen) atoms.